The van der Waals surface area contributed by atoms with Gasteiger partial charge in [0.05, 0.1) is 10.7 Å². The molecular formula is C19H14Cl2N4O3S. The van der Waals surface area contributed by atoms with E-state index < -0.39 is 16.1 Å². The lowest BCUT2D eigenvalue weighted by atomic mass is 10.1. The summed E-state index contributed by atoms with van der Waals surface area (Å²) in [6.07, 6.45) is 1.46. The van der Waals surface area contributed by atoms with Crippen LogP contribution in [0.15, 0.2) is 66.1 Å². The van der Waals surface area contributed by atoms with Crippen LogP contribution in [0.1, 0.15) is 5.56 Å². The molecule has 0 atom stereocenters. The number of aromatic nitrogens is 2. The standard InChI is InChI=1S/C19H14Cl2N4O3S/c1-2-12-8-9-14(20)16(10-12)29(27,28)25-19(26)24-18-22-15(11-17(21)23-18)13-6-4-3-5-7-13/h2-11H,1H2,(H2,22,23,24,25,26). The number of amides is 2. The third kappa shape index (κ3) is 5.11. The fourth-order valence-corrected chi connectivity index (χ4v) is 4.01. The molecule has 0 radical (unpaired) electrons. The van der Waals surface area contributed by atoms with Crippen molar-refractivity contribution in [3.8, 4) is 11.3 Å². The first kappa shape index (κ1) is 20.8. The molecule has 0 fully saturated rings. The number of carbonyl (C=O) groups is 1. The summed E-state index contributed by atoms with van der Waals surface area (Å²) >= 11 is 12.0. The van der Waals surface area contributed by atoms with Gasteiger partial charge in [0.15, 0.2) is 0 Å². The normalized spacial score (nSPS) is 11.0. The molecule has 3 aromatic rings. The number of halogens is 2. The molecule has 0 aliphatic heterocycles. The molecule has 0 unspecified atom stereocenters. The van der Waals surface area contributed by atoms with Gasteiger partial charge in [-0.1, -0.05) is 72.3 Å². The zero-order valence-electron chi connectivity index (χ0n) is 14.8. The minimum absolute atomic E-state index is 0.0405. The van der Waals surface area contributed by atoms with Gasteiger partial charge in [0.1, 0.15) is 10.0 Å². The number of hydrogen-bond acceptors (Lipinski definition) is 5. The highest BCUT2D eigenvalue weighted by molar-refractivity contribution is 7.90. The lowest BCUT2D eigenvalue weighted by Crippen LogP contribution is -2.35. The largest absolute Gasteiger partial charge is 0.335 e. The molecule has 2 amide bonds. The number of rotatable bonds is 5. The number of benzene rings is 2. The average molecular weight is 449 g/mol. The molecular weight excluding hydrogens is 435 g/mol. The molecule has 148 valence electrons. The summed E-state index contributed by atoms with van der Waals surface area (Å²) in [6.45, 7) is 3.58. The number of hydrogen-bond donors (Lipinski definition) is 2. The van der Waals surface area contributed by atoms with Crippen molar-refractivity contribution < 1.29 is 13.2 Å². The Morgan fingerprint density at radius 3 is 2.45 bits per heavy atom. The zero-order valence-corrected chi connectivity index (χ0v) is 17.1. The minimum Gasteiger partial charge on any atom is -0.275 e. The Kier molecular flexibility index (Phi) is 6.17. The predicted molar refractivity (Wildman–Crippen MR) is 113 cm³/mol. The quantitative estimate of drug-likeness (QED) is 0.555. The summed E-state index contributed by atoms with van der Waals surface area (Å²) < 4.78 is 26.9. The van der Waals surface area contributed by atoms with Gasteiger partial charge in [-0.15, -0.1) is 0 Å². The second-order valence-corrected chi connectivity index (χ2v) is 8.16. The van der Waals surface area contributed by atoms with Gasteiger partial charge in [0.2, 0.25) is 5.95 Å². The minimum atomic E-state index is -4.25. The third-order valence-electron chi connectivity index (χ3n) is 3.70. The van der Waals surface area contributed by atoms with Gasteiger partial charge in [-0.2, -0.15) is 0 Å². The van der Waals surface area contributed by atoms with Gasteiger partial charge in [0.25, 0.3) is 10.0 Å². The van der Waals surface area contributed by atoms with E-state index in [9.17, 15) is 13.2 Å². The average Bonchev–Trinajstić information content (AvgIpc) is 2.68. The first-order chi connectivity index (χ1) is 13.8. The smallest absolute Gasteiger partial charge is 0.275 e. The van der Waals surface area contributed by atoms with E-state index in [1.165, 1.54) is 24.3 Å². The van der Waals surface area contributed by atoms with Crippen LogP contribution in [-0.4, -0.2) is 24.4 Å². The molecule has 3 rings (SSSR count). The second-order valence-electron chi connectivity index (χ2n) is 5.72. The van der Waals surface area contributed by atoms with Gasteiger partial charge in [-0.05, 0) is 17.7 Å². The summed E-state index contributed by atoms with van der Waals surface area (Å²) in [7, 11) is -4.25. The lowest BCUT2D eigenvalue weighted by Gasteiger charge is -2.10. The molecule has 0 aliphatic rings. The molecule has 2 N–H and O–H groups in total. The second kappa shape index (κ2) is 8.60. The lowest BCUT2D eigenvalue weighted by molar-refractivity contribution is 0.256. The number of urea groups is 1. The maximum atomic E-state index is 12.5. The first-order valence-corrected chi connectivity index (χ1v) is 10.4. The highest BCUT2D eigenvalue weighted by Crippen LogP contribution is 2.24. The van der Waals surface area contributed by atoms with E-state index in [4.69, 9.17) is 23.2 Å². The van der Waals surface area contributed by atoms with E-state index in [1.54, 1.807) is 6.07 Å². The van der Waals surface area contributed by atoms with E-state index in [-0.39, 0.29) is 21.0 Å². The van der Waals surface area contributed by atoms with Crippen LogP contribution in [0.4, 0.5) is 10.7 Å². The number of nitrogens with one attached hydrogen (secondary N) is 2. The van der Waals surface area contributed by atoms with Gasteiger partial charge < -0.3 is 0 Å². The topological polar surface area (TPSA) is 101 Å². The van der Waals surface area contributed by atoms with Crippen LogP contribution in [0, 0.1) is 0 Å². The molecule has 0 saturated carbocycles. The van der Waals surface area contributed by atoms with Crippen molar-refractivity contribution in [3.63, 3.8) is 0 Å². The maximum Gasteiger partial charge on any atom is 0.335 e. The summed E-state index contributed by atoms with van der Waals surface area (Å²) in [6, 6.07) is 13.9. The Morgan fingerprint density at radius 2 is 1.76 bits per heavy atom. The number of sulfonamides is 1. The van der Waals surface area contributed by atoms with E-state index in [0.29, 0.717) is 11.3 Å². The van der Waals surface area contributed by atoms with Crippen LogP contribution in [0.5, 0.6) is 0 Å². The SMILES string of the molecule is C=Cc1ccc(Cl)c(S(=O)(=O)NC(=O)Nc2nc(Cl)cc(-c3ccccc3)n2)c1. The molecule has 7 nitrogen and oxygen atoms in total. The van der Waals surface area contributed by atoms with Crippen molar-refractivity contribution in [2.24, 2.45) is 0 Å². The number of carbonyl (C=O) groups excluding carboxylic acids is 1. The summed E-state index contributed by atoms with van der Waals surface area (Å²) in [5.41, 5.74) is 1.74. The van der Waals surface area contributed by atoms with Gasteiger partial charge in [-0.25, -0.2) is 27.9 Å². The molecule has 29 heavy (non-hydrogen) atoms. The fourth-order valence-electron chi connectivity index (χ4n) is 2.39. The Hall–Kier alpha value is -2.94. The number of anilines is 1. The van der Waals surface area contributed by atoms with Crippen LogP contribution in [-0.2, 0) is 10.0 Å². The van der Waals surface area contributed by atoms with Crippen molar-refractivity contribution in [1.82, 2.24) is 14.7 Å². The third-order valence-corrected chi connectivity index (χ3v) is 5.70. The van der Waals surface area contributed by atoms with Crippen LogP contribution in [0.2, 0.25) is 10.2 Å². The number of nitrogens with zero attached hydrogens (tertiary/aromatic N) is 2. The monoisotopic (exact) mass is 448 g/mol. The van der Waals surface area contributed by atoms with Gasteiger partial charge in [0, 0.05) is 11.6 Å². The van der Waals surface area contributed by atoms with E-state index in [2.05, 4.69) is 21.9 Å². The van der Waals surface area contributed by atoms with E-state index in [0.717, 1.165) is 5.56 Å². The highest BCUT2D eigenvalue weighted by atomic mass is 35.5. The van der Waals surface area contributed by atoms with Crippen molar-refractivity contribution in [1.29, 1.82) is 0 Å². The molecule has 10 heteroatoms. The molecule has 0 bridgehead atoms. The fraction of sp³-hybridized carbons (Fsp3) is 0. The van der Waals surface area contributed by atoms with Crippen molar-refractivity contribution in [3.05, 3.63) is 76.9 Å². The maximum absolute atomic E-state index is 12.5. The molecule has 0 saturated heterocycles. The predicted octanol–water partition coefficient (Wildman–Crippen LogP) is 4.60. The molecule has 1 heterocycles. The zero-order chi connectivity index (χ0) is 21.0. The molecule has 0 spiro atoms. The van der Waals surface area contributed by atoms with Crippen LogP contribution in [0.3, 0.4) is 0 Å². The highest BCUT2D eigenvalue weighted by Gasteiger charge is 2.22. The van der Waals surface area contributed by atoms with Crippen LogP contribution in [0.25, 0.3) is 17.3 Å². The Morgan fingerprint density at radius 1 is 1.03 bits per heavy atom. The Labute approximate surface area is 177 Å². The van der Waals surface area contributed by atoms with Crippen LogP contribution >= 0.6 is 23.2 Å². The summed E-state index contributed by atoms with van der Waals surface area (Å²) in [5, 5.41) is 2.31. The van der Waals surface area contributed by atoms with E-state index in [1.807, 2.05) is 35.1 Å². The van der Waals surface area contributed by atoms with Crippen LogP contribution < -0.4 is 10.0 Å². The van der Waals surface area contributed by atoms with E-state index >= 15 is 0 Å². The molecule has 0 aliphatic carbocycles. The van der Waals surface area contributed by atoms with Gasteiger partial charge >= 0.3 is 6.03 Å². The molecule has 1 aromatic heterocycles. The van der Waals surface area contributed by atoms with Crippen molar-refractivity contribution >= 4 is 51.3 Å². The Bertz CT molecular complexity index is 1190. The molecule has 2 aromatic carbocycles. The Balaban J connectivity index is 1.82. The summed E-state index contributed by atoms with van der Waals surface area (Å²) in [5.74, 6) is -0.157. The van der Waals surface area contributed by atoms with Crippen molar-refractivity contribution in [2.45, 2.75) is 4.90 Å². The van der Waals surface area contributed by atoms with Crippen molar-refractivity contribution in [2.75, 3.05) is 5.32 Å². The van der Waals surface area contributed by atoms with Gasteiger partial charge in [-0.3, -0.25) is 5.32 Å². The summed E-state index contributed by atoms with van der Waals surface area (Å²) in [4.78, 5) is 20.1. The first-order valence-electron chi connectivity index (χ1n) is 8.14.